The molecule has 7 aromatic carbocycles. The van der Waals surface area contributed by atoms with E-state index in [4.69, 9.17) is 9.47 Å². The Morgan fingerprint density at radius 3 is 1.58 bits per heavy atom. The smallest absolute Gasteiger partial charge is 0.119 e. The fourth-order valence-corrected chi connectivity index (χ4v) is 6.55. The van der Waals surface area contributed by atoms with Gasteiger partial charge in [0.05, 0.1) is 14.2 Å². The number of ether oxygens (including phenoxy) is 2. The minimum absolute atomic E-state index is 0.165. The van der Waals surface area contributed by atoms with Gasteiger partial charge in [0.15, 0.2) is 0 Å². The quantitative estimate of drug-likeness (QED) is 0.148. The molecule has 0 aliphatic carbocycles. The summed E-state index contributed by atoms with van der Waals surface area (Å²) in [5, 5.41) is 18.6. The van der Waals surface area contributed by atoms with Crippen molar-refractivity contribution in [1.82, 2.24) is 0 Å². The minimum atomic E-state index is 0.165. The van der Waals surface area contributed by atoms with Crippen LogP contribution in [0, 0.1) is 29.6 Å². The van der Waals surface area contributed by atoms with Gasteiger partial charge in [0.2, 0.25) is 0 Å². The highest BCUT2D eigenvalue weighted by Gasteiger charge is 2.14. The maximum Gasteiger partial charge on any atom is 0.119 e. The van der Waals surface area contributed by atoms with E-state index >= 15 is 0 Å². The number of benzene rings is 7. The Morgan fingerprint density at radius 1 is 0.542 bits per heavy atom. The monoisotopic (exact) mass is 624 g/mol. The van der Waals surface area contributed by atoms with E-state index < -0.39 is 0 Å². The zero-order chi connectivity index (χ0) is 33.0. The van der Waals surface area contributed by atoms with E-state index in [1.165, 1.54) is 5.56 Å². The predicted octanol–water partition coefficient (Wildman–Crippen LogP) is 9.68. The minimum Gasteiger partial charge on any atom is -0.497 e. The molecular weight excluding hydrogens is 588 g/mol. The second kappa shape index (κ2) is 13.5. The van der Waals surface area contributed by atoms with Crippen molar-refractivity contribution in [3.05, 3.63) is 143 Å². The van der Waals surface area contributed by atoms with E-state index in [2.05, 4.69) is 109 Å². The summed E-state index contributed by atoms with van der Waals surface area (Å²) in [7, 11) is 3.37. The number of fused-ring (bicyclic) bond motifs is 4. The summed E-state index contributed by atoms with van der Waals surface area (Å²) in [6.45, 7) is 2.29. The molecule has 7 rings (SSSR count). The first-order valence-corrected chi connectivity index (χ1v) is 16.4. The molecular formula is C45H36O3. The first-order valence-electron chi connectivity index (χ1n) is 16.4. The summed E-state index contributed by atoms with van der Waals surface area (Å²) in [5.41, 5.74) is 5.07. The van der Waals surface area contributed by atoms with Crippen LogP contribution in [0.25, 0.3) is 43.1 Å². The molecule has 0 amide bonds. The van der Waals surface area contributed by atoms with Crippen LogP contribution in [-0.4, -0.2) is 25.9 Å². The van der Waals surface area contributed by atoms with Gasteiger partial charge in [-0.3, -0.25) is 0 Å². The van der Waals surface area contributed by atoms with Gasteiger partial charge in [0, 0.05) is 28.9 Å². The van der Waals surface area contributed by atoms with E-state index in [9.17, 15) is 5.11 Å². The summed E-state index contributed by atoms with van der Waals surface area (Å²) >= 11 is 0. The van der Waals surface area contributed by atoms with Crippen molar-refractivity contribution < 1.29 is 14.6 Å². The van der Waals surface area contributed by atoms with E-state index in [1.54, 1.807) is 14.2 Å². The highest BCUT2D eigenvalue weighted by molar-refractivity contribution is 6.10. The van der Waals surface area contributed by atoms with Crippen LogP contribution in [0.15, 0.2) is 115 Å². The van der Waals surface area contributed by atoms with Gasteiger partial charge in [-0.05, 0) is 116 Å². The molecule has 0 fully saturated rings. The number of rotatable bonds is 6. The third kappa shape index (κ3) is 5.93. The molecule has 0 saturated carbocycles. The largest absolute Gasteiger partial charge is 0.497 e. The third-order valence-corrected chi connectivity index (χ3v) is 9.27. The van der Waals surface area contributed by atoms with Gasteiger partial charge >= 0.3 is 0 Å². The van der Waals surface area contributed by atoms with Gasteiger partial charge in [-0.2, -0.15) is 0 Å². The summed E-state index contributed by atoms with van der Waals surface area (Å²) in [5.74, 6) is 16.1. The van der Waals surface area contributed by atoms with Gasteiger partial charge in [-0.25, -0.2) is 0 Å². The summed E-state index contributed by atoms with van der Waals surface area (Å²) < 4.78 is 10.9. The molecule has 0 aliphatic heterocycles. The van der Waals surface area contributed by atoms with Crippen LogP contribution in [-0.2, 0) is 6.42 Å². The van der Waals surface area contributed by atoms with E-state index in [0.717, 1.165) is 89.7 Å². The lowest BCUT2D eigenvalue weighted by molar-refractivity contribution is 0.222. The Balaban J connectivity index is 1.46. The summed E-state index contributed by atoms with van der Waals surface area (Å²) in [6, 6.07) is 39.7. The predicted molar refractivity (Wildman–Crippen MR) is 199 cm³/mol. The Hall–Kier alpha value is -5.74. The van der Waals surface area contributed by atoms with E-state index in [-0.39, 0.29) is 12.5 Å². The van der Waals surface area contributed by atoms with Crippen LogP contribution in [0.5, 0.6) is 11.5 Å². The highest BCUT2D eigenvalue weighted by Crippen LogP contribution is 2.34. The van der Waals surface area contributed by atoms with Crippen molar-refractivity contribution >= 4 is 43.1 Å². The van der Waals surface area contributed by atoms with Crippen molar-refractivity contribution in [2.75, 3.05) is 20.8 Å². The molecule has 0 aliphatic rings. The average Bonchev–Trinajstić information content (AvgIpc) is 3.14. The fraction of sp³-hybridized carbons (Fsp3) is 0.156. The first kappa shape index (κ1) is 30.9. The number of methoxy groups -OCH3 is 2. The van der Waals surface area contributed by atoms with Crippen molar-refractivity contribution in [3.8, 4) is 35.2 Å². The van der Waals surface area contributed by atoms with Crippen LogP contribution >= 0.6 is 0 Å². The van der Waals surface area contributed by atoms with Crippen molar-refractivity contribution in [2.24, 2.45) is 5.92 Å². The Kier molecular flexibility index (Phi) is 8.72. The van der Waals surface area contributed by atoms with Gasteiger partial charge < -0.3 is 14.6 Å². The Labute approximate surface area is 281 Å². The van der Waals surface area contributed by atoms with Crippen LogP contribution in [0.4, 0.5) is 0 Å². The zero-order valence-corrected chi connectivity index (χ0v) is 27.4. The molecule has 1 unspecified atom stereocenters. The van der Waals surface area contributed by atoms with Crippen molar-refractivity contribution in [1.29, 1.82) is 0 Å². The lowest BCUT2D eigenvalue weighted by Gasteiger charge is -2.15. The number of aliphatic hydroxyl groups excluding tert-OH is 1. The molecule has 0 heterocycles. The summed E-state index contributed by atoms with van der Waals surface area (Å²) in [6.07, 6.45) is 1.71. The molecule has 1 N–H and O–H groups in total. The normalized spacial score (nSPS) is 11.6. The maximum atomic E-state index is 10.00. The lowest BCUT2D eigenvalue weighted by Crippen LogP contribution is -2.08. The fourth-order valence-electron chi connectivity index (χ4n) is 6.55. The van der Waals surface area contributed by atoms with Gasteiger partial charge in [-0.15, -0.1) is 0 Å². The van der Waals surface area contributed by atoms with Crippen LogP contribution in [0.1, 0.15) is 41.2 Å². The van der Waals surface area contributed by atoms with Gasteiger partial charge in [0.25, 0.3) is 0 Å². The van der Waals surface area contributed by atoms with E-state index in [0.29, 0.717) is 0 Å². The molecule has 3 nitrogen and oxygen atoms in total. The van der Waals surface area contributed by atoms with Crippen LogP contribution in [0.3, 0.4) is 0 Å². The highest BCUT2D eigenvalue weighted by atomic mass is 16.5. The van der Waals surface area contributed by atoms with Crippen LogP contribution in [0.2, 0.25) is 0 Å². The topological polar surface area (TPSA) is 38.7 Å². The van der Waals surface area contributed by atoms with Gasteiger partial charge in [0.1, 0.15) is 11.5 Å². The Bertz CT molecular complexity index is 2450. The summed E-state index contributed by atoms with van der Waals surface area (Å²) in [4.78, 5) is 0. The number of aliphatic hydroxyl groups is 1. The molecule has 0 bridgehead atoms. The van der Waals surface area contributed by atoms with Crippen molar-refractivity contribution in [2.45, 2.75) is 19.8 Å². The molecule has 234 valence electrons. The molecule has 0 radical (unpaired) electrons. The average molecular weight is 625 g/mol. The molecule has 3 heteroatoms. The zero-order valence-electron chi connectivity index (χ0n) is 27.4. The molecule has 1 atom stereocenters. The second-order valence-electron chi connectivity index (χ2n) is 12.1. The molecule has 0 spiro atoms. The van der Waals surface area contributed by atoms with Crippen molar-refractivity contribution in [3.63, 3.8) is 0 Å². The SMILES string of the molecule is CCC(CO)Cc1ccc2c(C#Cc3cccc4cc(OC)ccc34)c3ccccc3c(C#Cc3cccc4cc(OC)ccc34)c2c1. The second-order valence-corrected chi connectivity index (χ2v) is 12.1. The molecule has 48 heavy (non-hydrogen) atoms. The van der Waals surface area contributed by atoms with Gasteiger partial charge in [-0.1, -0.05) is 97.7 Å². The molecule has 7 aromatic rings. The maximum absolute atomic E-state index is 10.00. The molecule has 0 saturated heterocycles. The standard InChI is InChI=1S/C45H36O3/c1-4-30(29-46)25-31-15-20-43-42(21-16-32-9-7-11-34-27-36(47-2)18-23-38(32)34)40-13-5-6-14-41(40)44(45(43)26-31)22-17-33-10-8-12-35-28-37(48-3)19-24-39(33)35/h5-15,18-20,23-24,26-28,30,46H,4,25,29H2,1-3H3. The first-order chi connectivity index (χ1) is 23.6. The number of hydrogen-bond acceptors (Lipinski definition) is 3. The Morgan fingerprint density at radius 2 is 1.06 bits per heavy atom. The van der Waals surface area contributed by atoms with Crippen LogP contribution < -0.4 is 9.47 Å². The number of hydrogen-bond donors (Lipinski definition) is 1. The van der Waals surface area contributed by atoms with E-state index in [1.807, 2.05) is 36.4 Å². The molecule has 0 aromatic heterocycles. The lowest BCUT2D eigenvalue weighted by atomic mass is 9.89. The third-order valence-electron chi connectivity index (χ3n) is 9.27.